The predicted molar refractivity (Wildman–Crippen MR) is 142 cm³/mol. The maximum atomic E-state index is 15.2. The van der Waals surface area contributed by atoms with Crippen LogP contribution in [0.3, 0.4) is 0 Å². The van der Waals surface area contributed by atoms with Crippen molar-refractivity contribution in [3.63, 3.8) is 0 Å². The van der Waals surface area contributed by atoms with E-state index in [-0.39, 0.29) is 30.7 Å². The second kappa shape index (κ2) is 8.49. The molecule has 0 saturated carbocycles. The van der Waals surface area contributed by atoms with E-state index in [1.54, 1.807) is 60.7 Å². The molecule has 2 atom stereocenters. The number of hydrogen-bond donors (Lipinski definition) is 0. The van der Waals surface area contributed by atoms with Gasteiger partial charge in [-0.2, -0.15) is 17.7 Å². The quantitative estimate of drug-likeness (QED) is 0.248. The summed E-state index contributed by atoms with van der Waals surface area (Å²) in [4.78, 5) is 15.2. The van der Waals surface area contributed by atoms with Crippen molar-refractivity contribution in [2.45, 2.75) is 18.1 Å². The van der Waals surface area contributed by atoms with Gasteiger partial charge >= 0.3 is 12.1 Å². The molecule has 200 valence electrons. The van der Waals surface area contributed by atoms with E-state index in [2.05, 4.69) is 0 Å². The molecule has 0 fully saturated rings. The number of amides is 1. The average Bonchev–Trinajstić information content (AvgIpc) is 3.60. The molecule has 0 bridgehead atoms. The Bertz CT molecular complexity index is 1720. The number of ether oxygens (including phenoxy) is 3. The van der Waals surface area contributed by atoms with E-state index in [1.807, 2.05) is 0 Å². The molecule has 5 nitrogen and oxygen atoms in total. The van der Waals surface area contributed by atoms with Gasteiger partial charge in [0.1, 0.15) is 24.5 Å². The molecule has 0 saturated heterocycles. The minimum atomic E-state index is -4.80. The minimum absolute atomic E-state index is 0.0166. The first-order chi connectivity index (χ1) is 19.2. The summed E-state index contributed by atoms with van der Waals surface area (Å²) in [6, 6.07) is 20.7. The number of halogens is 4. The summed E-state index contributed by atoms with van der Waals surface area (Å²) in [7, 11) is 0. The molecule has 9 heteroatoms. The van der Waals surface area contributed by atoms with Crippen molar-refractivity contribution in [1.29, 1.82) is 0 Å². The van der Waals surface area contributed by atoms with Gasteiger partial charge in [0.05, 0.1) is 0 Å². The van der Waals surface area contributed by atoms with Crippen LogP contribution in [0.4, 0.5) is 24.5 Å². The zero-order valence-corrected chi connectivity index (χ0v) is 21.6. The maximum absolute atomic E-state index is 15.2. The Morgan fingerprint density at radius 2 is 1.57 bits per heavy atom. The molecule has 0 aliphatic carbocycles. The van der Waals surface area contributed by atoms with Gasteiger partial charge in [-0.25, -0.2) is 4.79 Å². The van der Waals surface area contributed by atoms with Crippen LogP contribution in [0.2, 0.25) is 5.02 Å². The van der Waals surface area contributed by atoms with E-state index in [9.17, 15) is 13.2 Å². The largest absolute Gasteiger partial charge is 0.491 e. The molecule has 4 aromatic carbocycles. The van der Waals surface area contributed by atoms with Crippen LogP contribution in [0.25, 0.3) is 0 Å². The Hall–Kier alpha value is -4.01. The molecule has 3 heterocycles. The minimum Gasteiger partial charge on any atom is -0.491 e. The first kappa shape index (κ1) is 25.0. The molecular formula is C31H20ClF3NO4+. The topological polar surface area (TPSA) is 44.8 Å². The fraction of sp³-hybridized carbons (Fsp3) is 0.161. The van der Waals surface area contributed by atoms with Gasteiger partial charge in [0, 0.05) is 39.9 Å². The van der Waals surface area contributed by atoms with Crippen LogP contribution in [-0.2, 0) is 22.9 Å². The van der Waals surface area contributed by atoms with E-state index in [1.165, 1.54) is 12.1 Å². The second-order valence-corrected chi connectivity index (χ2v) is 10.5. The fourth-order valence-electron chi connectivity index (χ4n) is 6.24. The maximum Gasteiger partial charge on any atom is 0.422 e. The molecule has 0 N–H and O–H groups in total. The lowest BCUT2D eigenvalue weighted by molar-refractivity contribution is -0.139. The zero-order chi connectivity index (χ0) is 27.9. The normalized spacial score (nSPS) is 22.4. The van der Waals surface area contributed by atoms with Gasteiger partial charge in [-0.1, -0.05) is 54.1 Å². The lowest BCUT2D eigenvalue weighted by atomic mass is 9.77. The Kier molecular flexibility index (Phi) is 5.31. The molecule has 1 spiro atoms. The highest BCUT2D eigenvalue weighted by atomic mass is 35.5. The zero-order valence-electron chi connectivity index (χ0n) is 20.8. The Balaban J connectivity index is 1.57. The average molecular weight is 563 g/mol. The van der Waals surface area contributed by atoms with Gasteiger partial charge < -0.3 is 14.2 Å². The van der Waals surface area contributed by atoms with Crippen LogP contribution >= 0.6 is 11.6 Å². The van der Waals surface area contributed by atoms with Crippen molar-refractivity contribution in [1.82, 2.24) is 4.48 Å². The molecule has 3 aliphatic heterocycles. The molecule has 4 aromatic rings. The van der Waals surface area contributed by atoms with Crippen molar-refractivity contribution in [2.75, 3.05) is 13.4 Å². The molecule has 0 aromatic heterocycles. The molecule has 7 rings (SSSR count). The second-order valence-electron chi connectivity index (χ2n) is 10.0. The summed E-state index contributed by atoms with van der Waals surface area (Å²) in [6.45, 7) is 6.07. The molecule has 2 radical (unpaired) electrons. The summed E-state index contributed by atoms with van der Waals surface area (Å²) < 4.78 is 60.4. The summed E-state index contributed by atoms with van der Waals surface area (Å²) >= 11 is 6.08. The standard InChI is InChI=1S/C31H20ClF3NO4/c1-18-6-2-3-7-19(18)15-36(25-11-10-20(32)12-22(25)31(33,34)35)24-9-5-4-8-21(24)30(29(36)37)16-38-26-14-28-27(13-23(26)30)39-17-40-28/h1-14H,15-17H2/q+1. The van der Waals surface area contributed by atoms with Crippen LogP contribution in [0.5, 0.6) is 17.2 Å². The number of quaternary nitrogens is 1. The number of nitrogens with zero attached hydrogens (tertiary/aromatic N) is 1. The van der Waals surface area contributed by atoms with Crippen molar-refractivity contribution in [3.05, 3.63) is 119 Å². The number of carbonyl (C=O) groups excluding carboxylic acids is 1. The highest BCUT2D eigenvalue weighted by Crippen LogP contribution is 2.61. The number of fused-ring (bicyclic) bond motifs is 5. The van der Waals surface area contributed by atoms with Crippen molar-refractivity contribution < 1.29 is 32.2 Å². The number of alkyl halides is 3. The molecule has 1 amide bonds. The third kappa shape index (κ3) is 3.29. The van der Waals surface area contributed by atoms with Crippen molar-refractivity contribution in [3.8, 4) is 17.2 Å². The first-order valence-corrected chi connectivity index (χ1v) is 12.8. The van der Waals surface area contributed by atoms with Gasteiger partial charge in [0.2, 0.25) is 6.79 Å². The summed E-state index contributed by atoms with van der Waals surface area (Å²) in [5.74, 6) is 0.833. The van der Waals surface area contributed by atoms with E-state index in [0.717, 1.165) is 6.07 Å². The molecule has 3 aliphatic rings. The Morgan fingerprint density at radius 3 is 2.35 bits per heavy atom. The number of rotatable bonds is 3. The van der Waals surface area contributed by atoms with Crippen LogP contribution in [0.15, 0.2) is 78.9 Å². The van der Waals surface area contributed by atoms with Gasteiger partial charge in [-0.05, 0) is 30.7 Å². The number of carbonyl (C=O) groups is 1. The van der Waals surface area contributed by atoms with E-state index >= 15 is 4.79 Å². The smallest absolute Gasteiger partial charge is 0.422 e. The van der Waals surface area contributed by atoms with Gasteiger partial charge in [0.15, 0.2) is 28.3 Å². The molecular weight excluding hydrogens is 543 g/mol. The Labute approximate surface area is 232 Å². The summed E-state index contributed by atoms with van der Waals surface area (Å²) in [5, 5.41) is -0.0923. The molecule has 40 heavy (non-hydrogen) atoms. The van der Waals surface area contributed by atoms with E-state index < -0.39 is 27.5 Å². The SMILES string of the molecule is [CH]c1ccccc1C[N+]1(c2ccc(Cl)cc2C(F)(F)F)C(=O)C2(COc3cc4c(cc32)OCO4)c2ccccc21. The van der Waals surface area contributed by atoms with Crippen LogP contribution in [0.1, 0.15) is 27.8 Å². The lowest BCUT2D eigenvalue weighted by Gasteiger charge is -2.35. The van der Waals surface area contributed by atoms with Crippen LogP contribution in [0, 0.1) is 6.92 Å². The monoisotopic (exact) mass is 562 g/mol. The predicted octanol–water partition coefficient (Wildman–Crippen LogP) is 7.20. The number of para-hydroxylation sites is 1. The molecule has 2 unspecified atom stereocenters. The van der Waals surface area contributed by atoms with Crippen molar-refractivity contribution in [2.24, 2.45) is 0 Å². The third-order valence-corrected chi connectivity index (χ3v) is 8.24. The third-order valence-electron chi connectivity index (χ3n) is 8.00. The lowest BCUT2D eigenvalue weighted by Crippen LogP contribution is -2.54. The highest BCUT2D eigenvalue weighted by Gasteiger charge is 2.68. The van der Waals surface area contributed by atoms with Gasteiger partial charge in [0.25, 0.3) is 0 Å². The van der Waals surface area contributed by atoms with Gasteiger partial charge in [-0.3, -0.25) is 0 Å². The fourth-order valence-corrected chi connectivity index (χ4v) is 6.41. The summed E-state index contributed by atoms with van der Waals surface area (Å²) in [5.41, 5.74) is -0.316. The van der Waals surface area contributed by atoms with Crippen LogP contribution in [-0.4, -0.2) is 19.3 Å². The van der Waals surface area contributed by atoms with E-state index in [4.69, 9.17) is 32.7 Å². The number of benzene rings is 4. The van der Waals surface area contributed by atoms with Crippen molar-refractivity contribution >= 4 is 28.9 Å². The van der Waals surface area contributed by atoms with Gasteiger partial charge in [-0.15, -0.1) is 0 Å². The number of hydrogen-bond acceptors (Lipinski definition) is 4. The summed E-state index contributed by atoms with van der Waals surface area (Å²) in [6.07, 6.45) is -4.80. The van der Waals surface area contributed by atoms with E-state index in [0.29, 0.717) is 45.2 Å². The Morgan fingerprint density at radius 1 is 0.850 bits per heavy atom. The van der Waals surface area contributed by atoms with Crippen LogP contribution < -0.4 is 18.7 Å². The first-order valence-electron chi connectivity index (χ1n) is 12.5. The highest BCUT2D eigenvalue weighted by molar-refractivity contribution is 6.30.